The van der Waals surface area contributed by atoms with Crippen molar-refractivity contribution in [1.82, 2.24) is 0 Å². The molecule has 0 saturated carbocycles. The molecule has 4 heteroatoms. The number of aliphatic imine (C=N–C) groups is 1. The number of allylic oxidation sites excluding steroid dienone is 2. The Morgan fingerprint density at radius 1 is 1.33 bits per heavy atom. The first-order valence-corrected chi connectivity index (χ1v) is 7.07. The molecule has 0 fully saturated rings. The highest BCUT2D eigenvalue weighted by molar-refractivity contribution is 6.14. The van der Waals surface area contributed by atoms with E-state index >= 15 is 0 Å². The number of benzene rings is 1. The third kappa shape index (κ3) is 4.00. The number of hydrogen-bond acceptors (Lipinski definition) is 3. The van der Waals surface area contributed by atoms with Crippen LogP contribution in [0.25, 0.3) is 0 Å². The molecule has 2 rings (SSSR count). The van der Waals surface area contributed by atoms with Crippen LogP contribution in [0.5, 0.6) is 0 Å². The molecule has 1 aromatic carbocycles. The summed E-state index contributed by atoms with van der Waals surface area (Å²) in [6.07, 6.45) is 2.78. The second-order valence-corrected chi connectivity index (χ2v) is 6.18. The number of hydrogen-bond donors (Lipinski definition) is 1. The van der Waals surface area contributed by atoms with Crippen LogP contribution in [0.3, 0.4) is 0 Å². The van der Waals surface area contributed by atoms with Gasteiger partial charge in [-0.05, 0) is 23.5 Å². The summed E-state index contributed by atoms with van der Waals surface area (Å²) in [5.74, 6) is -0.227. The summed E-state index contributed by atoms with van der Waals surface area (Å²) >= 11 is 0. The standard InChI is InChI=1S/C17H20FNO2/c1-17(2)9-15(20)13(16(21)10-17)11-19-8-7-12-5-3-4-6-14(12)18/h3-6,11,20H,7-10H2,1-2H3. The van der Waals surface area contributed by atoms with Crippen molar-refractivity contribution >= 4 is 12.0 Å². The van der Waals surface area contributed by atoms with E-state index < -0.39 is 0 Å². The molecule has 1 aliphatic carbocycles. The van der Waals surface area contributed by atoms with E-state index in [2.05, 4.69) is 4.99 Å². The predicted octanol–water partition coefficient (Wildman–Crippen LogP) is 3.64. The number of rotatable bonds is 4. The van der Waals surface area contributed by atoms with E-state index in [0.717, 1.165) is 0 Å². The summed E-state index contributed by atoms with van der Waals surface area (Å²) < 4.78 is 13.4. The largest absolute Gasteiger partial charge is 0.511 e. The summed E-state index contributed by atoms with van der Waals surface area (Å²) in [6, 6.07) is 6.56. The lowest BCUT2D eigenvalue weighted by molar-refractivity contribution is -0.117. The third-order valence-electron chi connectivity index (χ3n) is 3.58. The zero-order valence-electron chi connectivity index (χ0n) is 12.4. The van der Waals surface area contributed by atoms with Gasteiger partial charge in [0, 0.05) is 25.6 Å². The van der Waals surface area contributed by atoms with Crippen LogP contribution in [0, 0.1) is 11.2 Å². The lowest BCUT2D eigenvalue weighted by atomic mass is 9.77. The Morgan fingerprint density at radius 2 is 2.05 bits per heavy atom. The van der Waals surface area contributed by atoms with Crippen molar-refractivity contribution in [2.75, 3.05) is 6.54 Å². The van der Waals surface area contributed by atoms with E-state index in [1.807, 2.05) is 13.8 Å². The van der Waals surface area contributed by atoms with E-state index in [0.29, 0.717) is 36.9 Å². The van der Waals surface area contributed by atoms with Crippen molar-refractivity contribution in [2.45, 2.75) is 33.1 Å². The monoisotopic (exact) mass is 289 g/mol. The highest BCUT2D eigenvalue weighted by Gasteiger charge is 2.32. The van der Waals surface area contributed by atoms with Gasteiger partial charge >= 0.3 is 0 Å². The van der Waals surface area contributed by atoms with Crippen LogP contribution in [0.15, 0.2) is 40.6 Å². The number of aliphatic hydroxyl groups excluding tert-OH is 1. The quantitative estimate of drug-likeness (QED) is 0.860. The van der Waals surface area contributed by atoms with Gasteiger partial charge in [-0.3, -0.25) is 9.79 Å². The van der Waals surface area contributed by atoms with Crippen LogP contribution in [0.2, 0.25) is 0 Å². The van der Waals surface area contributed by atoms with Crippen LogP contribution in [-0.4, -0.2) is 23.6 Å². The fourth-order valence-electron chi connectivity index (χ4n) is 2.49. The molecule has 0 saturated heterocycles. The Kier molecular flexibility index (Phi) is 4.56. The highest BCUT2D eigenvalue weighted by Crippen LogP contribution is 2.35. The molecule has 0 amide bonds. The highest BCUT2D eigenvalue weighted by atomic mass is 19.1. The molecule has 0 bridgehead atoms. The number of ketones is 1. The van der Waals surface area contributed by atoms with Gasteiger partial charge in [-0.1, -0.05) is 32.0 Å². The van der Waals surface area contributed by atoms with Gasteiger partial charge in [-0.25, -0.2) is 4.39 Å². The lowest BCUT2D eigenvalue weighted by Gasteiger charge is -2.28. The molecule has 3 nitrogen and oxygen atoms in total. The summed E-state index contributed by atoms with van der Waals surface area (Å²) in [5, 5.41) is 9.94. The average molecular weight is 289 g/mol. The topological polar surface area (TPSA) is 49.7 Å². The van der Waals surface area contributed by atoms with E-state index in [9.17, 15) is 14.3 Å². The van der Waals surface area contributed by atoms with Crippen molar-refractivity contribution in [3.05, 3.63) is 47.0 Å². The minimum atomic E-state index is -0.245. The molecule has 0 spiro atoms. The van der Waals surface area contributed by atoms with Crippen molar-refractivity contribution in [3.8, 4) is 0 Å². The van der Waals surface area contributed by atoms with E-state index in [4.69, 9.17) is 0 Å². The maximum Gasteiger partial charge on any atom is 0.168 e. The lowest BCUT2D eigenvalue weighted by Crippen LogP contribution is -2.26. The molecule has 0 heterocycles. The van der Waals surface area contributed by atoms with Crippen LogP contribution < -0.4 is 0 Å². The Labute approximate surface area is 124 Å². The van der Waals surface area contributed by atoms with Crippen molar-refractivity contribution < 1.29 is 14.3 Å². The number of Topliss-reactive ketones (excluding diaryl/α,β-unsaturated/α-hetero) is 1. The first-order valence-electron chi connectivity index (χ1n) is 7.07. The number of carbonyl (C=O) groups is 1. The van der Waals surface area contributed by atoms with Crippen LogP contribution >= 0.6 is 0 Å². The van der Waals surface area contributed by atoms with Gasteiger partial charge in [-0.2, -0.15) is 0 Å². The average Bonchev–Trinajstić information content (AvgIpc) is 2.37. The summed E-state index contributed by atoms with van der Waals surface area (Å²) in [7, 11) is 0. The molecule has 1 aliphatic rings. The van der Waals surface area contributed by atoms with Crippen LogP contribution in [-0.2, 0) is 11.2 Å². The maximum absolute atomic E-state index is 13.4. The Hall–Kier alpha value is -1.97. The molecule has 112 valence electrons. The smallest absolute Gasteiger partial charge is 0.168 e. The zero-order chi connectivity index (χ0) is 15.5. The minimum absolute atomic E-state index is 0.0848. The van der Waals surface area contributed by atoms with Gasteiger partial charge in [-0.15, -0.1) is 0 Å². The molecule has 0 aliphatic heterocycles. The number of carbonyl (C=O) groups excluding carboxylic acids is 1. The summed E-state index contributed by atoms with van der Waals surface area (Å²) in [6.45, 7) is 4.29. The molecule has 0 atom stereocenters. The van der Waals surface area contributed by atoms with E-state index in [1.54, 1.807) is 18.2 Å². The van der Waals surface area contributed by atoms with Crippen molar-refractivity contribution in [3.63, 3.8) is 0 Å². The molecule has 0 aromatic heterocycles. The van der Waals surface area contributed by atoms with Gasteiger partial charge in [0.15, 0.2) is 5.78 Å². The molecular formula is C17H20FNO2. The molecule has 21 heavy (non-hydrogen) atoms. The van der Waals surface area contributed by atoms with Gasteiger partial charge in [0.25, 0.3) is 0 Å². The normalized spacial score (nSPS) is 18.5. The van der Waals surface area contributed by atoms with Gasteiger partial charge in [0.05, 0.1) is 5.57 Å². The Bertz CT molecular complexity index is 603. The first kappa shape index (κ1) is 15.4. The van der Waals surface area contributed by atoms with E-state index in [-0.39, 0.29) is 22.8 Å². The van der Waals surface area contributed by atoms with Crippen molar-refractivity contribution in [1.29, 1.82) is 0 Å². The zero-order valence-corrected chi connectivity index (χ0v) is 12.4. The fourth-order valence-corrected chi connectivity index (χ4v) is 2.49. The Balaban J connectivity index is 1.99. The summed E-state index contributed by atoms with van der Waals surface area (Å²) in [4.78, 5) is 16.1. The molecular weight excluding hydrogens is 269 g/mol. The van der Waals surface area contributed by atoms with Crippen LogP contribution in [0.4, 0.5) is 4.39 Å². The molecule has 1 aromatic rings. The number of nitrogens with zero attached hydrogens (tertiary/aromatic N) is 1. The second-order valence-electron chi connectivity index (χ2n) is 6.18. The van der Waals surface area contributed by atoms with Crippen LogP contribution in [0.1, 0.15) is 32.3 Å². The predicted molar refractivity (Wildman–Crippen MR) is 81.1 cm³/mol. The maximum atomic E-state index is 13.4. The number of halogens is 1. The molecule has 0 radical (unpaired) electrons. The molecule has 0 unspecified atom stereocenters. The first-order chi connectivity index (χ1) is 9.89. The fraction of sp³-hybridized carbons (Fsp3) is 0.412. The second kappa shape index (κ2) is 6.20. The van der Waals surface area contributed by atoms with Gasteiger partial charge in [0.1, 0.15) is 11.6 Å². The van der Waals surface area contributed by atoms with E-state index in [1.165, 1.54) is 12.3 Å². The Morgan fingerprint density at radius 3 is 2.71 bits per heavy atom. The number of aliphatic hydroxyl groups is 1. The molecule has 1 N–H and O–H groups in total. The minimum Gasteiger partial charge on any atom is -0.511 e. The van der Waals surface area contributed by atoms with Gasteiger partial charge < -0.3 is 5.11 Å². The van der Waals surface area contributed by atoms with Crippen molar-refractivity contribution in [2.24, 2.45) is 10.4 Å². The SMILES string of the molecule is CC1(C)CC(=O)C(C=NCCc2ccccc2F)=C(O)C1. The summed E-state index contributed by atoms with van der Waals surface area (Å²) in [5.41, 5.74) is 0.692. The third-order valence-corrected chi connectivity index (χ3v) is 3.58. The van der Waals surface area contributed by atoms with Gasteiger partial charge in [0.2, 0.25) is 0 Å².